The predicted molar refractivity (Wildman–Crippen MR) is 78.2 cm³/mol. The van der Waals surface area contributed by atoms with Crippen LogP contribution in [0.25, 0.3) is 0 Å². The normalized spacial score (nSPS) is 10.4. The third-order valence-electron chi connectivity index (χ3n) is 3.17. The van der Waals surface area contributed by atoms with Gasteiger partial charge in [-0.1, -0.05) is 6.92 Å². The molecule has 0 atom stereocenters. The molecule has 8 heteroatoms. The molecule has 21 heavy (non-hydrogen) atoms. The molecule has 0 spiro atoms. The summed E-state index contributed by atoms with van der Waals surface area (Å²) < 4.78 is 0. The van der Waals surface area contributed by atoms with E-state index in [1.54, 1.807) is 12.1 Å². The number of amides is 1. The number of nitrogen functional groups attached to an aromatic ring is 1. The van der Waals surface area contributed by atoms with Crippen LogP contribution in [0.4, 0.5) is 17.1 Å². The summed E-state index contributed by atoms with van der Waals surface area (Å²) in [5.41, 5.74) is 8.11. The molecule has 8 nitrogen and oxygen atoms in total. The van der Waals surface area contributed by atoms with Gasteiger partial charge in [-0.2, -0.15) is 5.10 Å². The smallest absolute Gasteiger partial charge is 0.319 e. The number of hydrogen-bond donors (Lipinski definition) is 3. The number of rotatable bonds is 4. The Hall–Kier alpha value is -2.90. The van der Waals surface area contributed by atoms with Crippen LogP contribution in [0.3, 0.4) is 0 Å². The summed E-state index contributed by atoms with van der Waals surface area (Å²) in [5.74, 6) is -0.682. The summed E-state index contributed by atoms with van der Waals surface area (Å²) in [6.45, 7) is 3.91. The monoisotopic (exact) mass is 289 g/mol. The van der Waals surface area contributed by atoms with Gasteiger partial charge < -0.3 is 11.1 Å². The van der Waals surface area contributed by atoms with Crippen LogP contribution >= 0.6 is 0 Å². The Morgan fingerprint density at radius 2 is 2.24 bits per heavy atom. The Morgan fingerprint density at radius 3 is 2.86 bits per heavy atom. The lowest BCUT2D eigenvalue weighted by Gasteiger charge is -2.11. The first kappa shape index (κ1) is 14.5. The maximum Gasteiger partial charge on any atom is 0.319 e. The Bertz CT molecular complexity index is 708. The van der Waals surface area contributed by atoms with Crippen molar-refractivity contribution in [2.24, 2.45) is 0 Å². The molecule has 0 bridgehead atoms. The maximum atomic E-state index is 12.1. The second-order valence-electron chi connectivity index (χ2n) is 4.55. The number of benzene rings is 1. The van der Waals surface area contributed by atoms with Crippen molar-refractivity contribution in [3.63, 3.8) is 0 Å². The Kier molecular flexibility index (Phi) is 3.88. The zero-order valence-electron chi connectivity index (χ0n) is 11.6. The summed E-state index contributed by atoms with van der Waals surface area (Å²) in [4.78, 5) is 22.2. The molecule has 0 unspecified atom stereocenters. The van der Waals surface area contributed by atoms with Gasteiger partial charge in [0.05, 0.1) is 16.3 Å². The number of hydrogen-bond acceptors (Lipinski definition) is 5. The molecule has 1 heterocycles. The second-order valence-corrected chi connectivity index (χ2v) is 4.55. The maximum absolute atomic E-state index is 12.1. The van der Waals surface area contributed by atoms with E-state index in [2.05, 4.69) is 15.5 Å². The van der Waals surface area contributed by atoms with Crippen molar-refractivity contribution in [2.75, 3.05) is 11.1 Å². The van der Waals surface area contributed by atoms with E-state index in [0.29, 0.717) is 11.4 Å². The zero-order valence-corrected chi connectivity index (χ0v) is 11.6. The van der Waals surface area contributed by atoms with Crippen LogP contribution in [-0.4, -0.2) is 21.0 Å². The van der Waals surface area contributed by atoms with Crippen LogP contribution in [-0.2, 0) is 6.42 Å². The van der Waals surface area contributed by atoms with Crippen LogP contribution in [0.2, 0.25) is 0 Å². The highest BCUT2D eigenvalue weighted by molar-refractivity contribution is 6.06. The van der Waals surface area contributed by atoms with Crippen LogP contribution in [0.5, 0.6) is 0 Å². The molecule has 1 aromatic carbocycles. The van der Waals surface area contributed by atoms with Gasteiger partial charge in [0.2, 0.25) is 5.69 Å². The van der Waals surface area contributed by atoms with E-state index in [0.717, 1.165) is 23.7 Å². The first-order chi connectivity index (χ1) is 9.93. The van der Waals surface area contributed by atoms with Crippen LogP contribution in [0, 0.1) is 17.0 Å². The summed E-state index contributed by atoms with van der Waals surface area (Å²) in [6.07, 6.45) is 1.89. The van der Waals surface area contributed by atoms with Gasteiger partial charge in [0, 0.05) is 0 Å². The van der Waals surface area contributed by atoms with Crippen molar-refractivity contribution in [3.8, 4) is 0 Å². The lowest BCUT2D eigenvalue weighted by molar-refractivity contribution is -0.385. The van der Waals surface area contributed by atoms with Gasteiger partial charge in [0.15, 0.2) is 0 Å². The number of H-pyrrole nitrogens is 1. The van der Waals surface area contributed by atoms with Crippen LogP contribution in [0.15, 0.2) is 18.3 Å². The Balaban J connectivity index is 2.30. The van der Waals surface area contributed by atoms with E-state index in [1.165, 1.54) is 0 Å². The molecule has 0 radical (unpaired) electrons. The van der Waals surface area contributed by atoms with Crippen molar-refractivity contribution >= 4 is 23.0 Å². The van der Waals surface area contributed by atoms with Gasteiger partial charge in [0.1, 0.15) is 6.20 Å². The average Bonchev–Trinajstić information content (AvgIpc) is 2.92. The summed E-state index contributed by atoms with van der Waals surface area (Å²) in [6, 6.07) is 3.52. The number of anilines is 2. The van der Waals surface area contributed by atoms with E-state index < -0.39 is 10.8 Å². The molecule has 0 aliphatic heterocycles. The number of nitrogens with two attached hydrogens (primary N) is 1. The molecule has 0 fully saturated rings. The van der Waals surface area contributed by atoms with E-state index >= 15 is 0 Å². The van der Waals surface area contributed by atoms with Crippen molar-refractivity contribution < 1.29 is 9.72 Å². The van der Waals surface area contributed by atoms with Gasteiger partial charge in [-0.3, -0.25) is 20.0 Å². The van der Waals surface area contributed by atoms with Crippen molar-refractivity contribution in [2.45, 2.75) is 20.3 Å². The van der Waals surface area contributed by atoms with Gasteiger partial charge in [0.25, 0.3) is 5.91 Å². The van der Waals surface area contributed by atoms with Crippen LogP contribution in [0.1, 0.15) is 28.5 Å². The van der Waals surface area contributed by atoms with E-state index in [-0.39, 0.29) is 11.4 Å². The molecular weight excluding hydrogens is 274 g/mol. The largest absolute Gasteiger partial charge is 0.397 e. The number of carbonyl (C=O) groups is 1. The first-order valence-corrected chi connectivity index (χ1v) is 6.32. The first-order valence-electron chi connectivity index (χ1n) is 6.32. The number of aryl methyl sites for hydroxylation is 2. The molecule has 0 saturated heterocycles. The fourth-order valence-electron chi connectivity index (χ4n) is 2.03. The molecule has 0 saturated carbocycles. The molecule has 1 aromatic heterocycles. The van der Waals surface area contributed by atoms with Gasteiger partial charge in [-0.05, 0) is 36.6 Å². The highest BCUT2D eigenvalue weighted by Crippen LogP contribution is 2.25. The SMILES string of the molecule is CCc1cc(N)c(NC(=O)c2n[nH]cc2[N+](=O)[O-])cc1C. The number of aromatic nitrogens is 2. The van der Waals surface area contributed by atoms with E-state index in [1.807, 2.05) is 13.8 Å². The fourth-order valence-corrected chi connectivity index (χ4v) is 2.03. The Morgan fingerprint density at radius 1 is 1.52 bits per heavy atom. The molecule has 2 aromatic rings. The molecule has 0 aliphatic carbocycles. The fraction of sp³-hybridized carbons (Fsp3) is 0.231. The van der Waals surface area contributed by atoms with Crippen molar-refractivity contribution in [1.29, 1.82) is 0 Å². The Labute approximate surface area is 120 Å². The van der Waals surface area contributed by atoms with Crippen LogP contribution < -0.4 is 11.1 Å². The standard InChI is InChI=1S/C13H15N5O3/c1-3-8-5-9(14)10(4-7(8)2)16-13(19)12-11(18(20)21)6-15-17-12/h4-6H,3,14H2,1-2H3,(H,15,17)(H,16,19). The lowest BCUT2D eigenvalue weighted by atomic mass is 10.0. The number of nitrogens with one attached hydrogen (secondary N) is 2. The molecule has 0 aliphatic rings. The minimum Gasteiger partial charge on any atom is -0.397 e. The third-order valence-corrected chi connectivity index (χ3v) is 3.17. The summed E-state index contributed by atoms with van der Waals surface area (Å²) >= 11 is 0. The highest BCUT2D eigenvalue weighted by atomic mass is 16.6. The van der Waals surface area contributed by atoms with Gasteiger partial charge >= 0.3 is 5.69 Å². The van der Waals surface area contributed by atoms with E-state index in [4.69, 9.17) is 5.73 Å². The average molecular weight is 289 g/mol. The number of nitrogens with zero attached hydrogens (tertiary/aromatic N) is 2. The highest BCUT2D eigenvalue weighted by Gasteiger charge is 2.24. The predicted octanol–water partition coefficient (Wildman–Crippen LogP) is 2.02. The summed E-state index contributed by atoms with van der Waals surface area (Å²) in [5, 5.41) is 19.2. The number of nitro groups is 1. The zero-order chi connectivity index (χ0) is 15.6. The minimum atomic E-state index is -0.682. The quantitative estimate of drug-likeness (QED) is 0.451. The molecular formula is C13H15N5O3. The molecule has 1 amide bonds. The van der Waals surface area contributed by atoms with E-state index in [9.17, 15) is 14.9 Å². The van der Waals surface area contributed by atoms with Gasteiger partial charge in [-0.15, -0.1) is 0 Å². The molecule has 110 valence electrons. The second kappa shape index (κ2) is 5.61. The number of aromatic amines is 1. The number of carbonyl (C=O) groups excluding carboxylic acids is 1. The minimum absolute atomic E-state index is 0.281. The molecule has 2 rings (SSSR count). The lowest BCUT2D eigenvalue weighted by Crippen LogP contribution is -2.15. The molecule has 4 N–H and O–H groups in total. The topological polar surface area (TPSA) is 127 Å². The van der Waals surface area contributed by atoms with Gasteiger partial charge in [-0.25, -0.2) is 0 Å². The van der Waals surface area contributed by atoms with Crippen molar-refractivity contribution in [1.82, 2.24) is 10.2 Å². The third kappa shape index (κ3) is 2.83. The summed E-state index contributed by atoms with van der Waals surface area (Å²) in [7, 11) is 0. The van der Waals surface area contributed by atoms with Crippen molar-refractivity contribution in [3.05, 3.63) is 45.3 Å².